The van der Waals surface area contributed by atoms with E-state index in [1.165, 1.54) is 0 Å². The maximum absolute atomic E-state index is 13.6. The van der Waals surface area contributed by atoms with E-state index in [-0.39, 0.29) is 29.6 Å². The van der Waals surface area contributed by atoms with E-state index in [4.69, 9.17) is 9.47 Å². The van der Waals surface area contributed by atoms with Crippen LogP contribution in [-0.2, 0) is 32.1 Å². The van der Waals surface area contributed by atoms with Gasteiger partial charge in [-0.3, -0.25) is 14.5 Å². The van der Waals surface area contributed by atoms with E-state index in [9.17, 15) is 14.4 Å². The Bertz CT molecular complexity index is 1000. The summed E-state index contributed by atoms with van der Waals surface area (Å²) in [5.74, 6) is -0.116. The molecule has 3 heterocycles. The number of hydrogen-bond acceptors (Lipinski definition) is 6. The van der Waals surface area contributed by atoms with Gasteiger partial charge in [0.15, 0.2) is 5.78 Å². The maximum atomic E-state index is 13.6. The number of nitrogens with zero attached hydrogens (tertiary/aromatic N) is 2. The molecule has 1 aliphatic carbocycles. The second-order valence-corrected chi connectivity index (χ2v) is 11.2. The maximum Gasteiger partial charge on any atom is 0.411 e. The van der Waals surface area contributed by atoms with Crippen LogP contribution in [0, 0.1) is 5.41 Å². The fourth-order valence-corrected chi connectivity index (χ4v) is 5.16. The predicted molar refractivity (Wildman–Crippen MR) is 129 cm³/mol. The molecule has 2 aliphatic heterocycles. The van der Waals surface area contributed by atoms with E-state index in [1.54, 1.807) is 4.90 Å². The molecular formula is C25H32BrN3O5. The van der Waals surface area contributed by atoms with Crippen molar-refractivity contribution >= 4 is 33.7 Å². The normalized spacial score (nSPS) is 27.9. The van der Waals surface area contributed by atoms with Gasteiger partial charge in [0.2, 0.25) is 5.91 Å². The van der Waals surface area contributed by atoms with Crippen LogP contribution < -0.4 is 5.32 Å². The zero-order valence-electron chi connectivity index (χ0n) is 19.9. The number of carbonyl (C=O) groups is 3. The molecule has 0 aromatic carbocycles. The van der Waals surface area contributed by atoms with Crippen molar-refractivity contribution in [2.24, 2.45) is 5.41 Å². The monoisotopic (exact) mass is 533 g/mol. The molecule has 3 atom stereocenters. The molecule has 2 bridgehead atoms. The molecular weight excluding hydrogens is 502 g/mol. The number of ketones is 1. The summed E-state index contributed by atoms with van der Waals surface area (Å²) in [6.45, 7) is 6.62. The zero-order valence-corrected chi connectivity index (χ0v) is 21.5. The van der Waals surface area contributed by atoms with E-state index < -0.39 is 17.7 Å². The summed E-state index contributed by atoms with van der Waals surface area (Å²) < 4.78 is 12.0. The standard InChI is InChI=1S/C25H32BrN3O5/c1-24(2,3)34-23(32)29-18-12-25(13-20(25)29)15-27-22(31)7-5-4-6-10-33-14-16-8-9-21(26)28-17(16)11-19(18)30/h4,6,8-9,18,20H,5,7,10-15H2,1-3H3,(H,27,31)/t18-,20+,25-/m0/s1. The lowest BCUT2D eigenvalue weighted by atomic mass is 9.94. The van der Waals surface area contributed by atoms with Gasteiger partial charge in [0.25, 0.3) is 0 Å². The number of hydrogen-bond donors (Lipinski definition) is 1. The third-order valence-corrected chi connectivity index (χ3v) is 7.03. The minimum absolute atomic E-state index is 0.0324. The molecule has 1 aromatic rings. The van der Waals surface area contributed by atoms with Crippen molar-refractivity contribution in [2.75, 3.05) is 13.2 Å². The van der Waals surface area contributed by atoms with Gasteiger partial charge in [-0.05, 0) is 67.6 Å². The Morgan fingerprint density at radius 2 is 2.06 bits per heavy atom. The highest BCUT2D eigenvalue weighted by atomic mass is 79.9. The predicted octanol–water partition coefficient (Wildman–Crippen LogP) is 3.71. The Morgan fingerprint density at radius 3 is 2.82 bits per heavy atom. The summed E-state index contributed by atoms with van der Waals surface area (Å²) in [6, 6.07) is 3.00. The lowest BCUT2D eigenvalue weighted by Crippen LogP contribution is -2.46. The van der Waals surface area contributed by atoms with Gasteiger partial charge >= 0.3 is 6.09 Å². The molecule has 1 N–H and O–H groups in total. The number of carbonyl (C=O) groups excluding carboxylic acids is 3. The van der Waals surface area contributed by atoms with Crippen LogP contribution in [0.1, 0.15) is 57.7 Å². The van der Waals surface area contributed by atoms with Gasteiger partial charge in [-0.25, -0.2) is 9.78 Å². The number of amides is 2. The van der Waals surface area contributed by atoms with Gasteiger partial charge in [0.1, 0.15) is 10.2 Å². The summed E-state index contributed by atoms with van der Waals surface area (Å²) >= 11 is 3.40. The third-order valence-electron chi connectivity index (χ3n) is 6.58. The van der Waals surface area contributed by atoms with Crippen molar-refractivity contribution in [3.8, 4) is 0 Å². The van der Waals surface area contributed by atoms with Gasteiger partial charge in [-0.1, -0.05) is 18.2 Å². The molecule has 0 radical (unpaired) electrons. The van der Waals surface area contributed by atoms with Crippen LogP contribution in [0.15, 0.2) is 28.9 Å². The first-order chi connectivity index (χ1) is 16.1. The lowest BCUT2D eigenvalue weighted by Gasteiger charge is -2.30. The number of pyridine rings is 1. The highest BCUT2D eigenvalue weighted by Gasteiger charge is 2.67. The van der Waals surface area contributed by atoms with Crippen molar-refractivity contribution in [2.45, 2.75) is 77.2 Å². The number of piperidine rings is 1. The van der Waals surface area contributed by atoms with E-state index in [1.807, 2.05) is 45.1 Å². The van der Waals surface area contributed by atoms with E-state index in [0.29, 0.717) is 49.3 Å². The number of aromatic nitrogens is 1. The quantitative estimate of drug-likeness (QED) is 0.403. The fourth-order valence-electron chi connectivity index (χ4n) is 4.81. The zero-order chi connectivity index (χ0) is 24.5. The van der Waals surface area contributed by atoms with Gasteiger partial charge in [0, 0.05) is 24.4 Å². The molecule has 1 aromatic heterocycles. The van der Waals surface area contributed by atoms with Crippen molar-refractivity contribution < 1.29 is 23.9 Å². The number of allylic oxidation sites excluding steroid dienone is 1. The number of fused-ring (bicyclic) bond motifs is 2. The van der Waals surface area contributed by atoms with Crippen LogP contribution in [0.3, 0.4) is 0 Å². The van der Waals surface area contributed by atoms with Crippen molar-refractivity contribution in [1.82, 2.24) is 15.2 Å². The summed E-state index contributed by atoms with van der Waals surface area (Å²) in [5, 5.41) is 3.02. The Kier molecular flexibility index (Phi) is 7.14. The Morgan fingerprint density at radius 1 is 1.26 bits per heavy atom. The van der Waals surface area contributed by atoms with Crippen molar-refractivity contribution in [3.63, 3.8) is 0 Å². The van der Waals surface area contributed by atoms with E-state index in [2.05, 4.69) is 26.2 Å². The smallest absolute Gasteiger partial charge is 0.411 e. The van der Waals surface area contributed by atoms with Gasteiger partial charge in [0.05, 0.1) is 31.4 Å². The first kappa shape index (κ1) is 24.9. The van der Waals surface area contributed by atoms with Gasteiger partial charge in [-0.15, -0.1) is 0 Å². The minimum atomic E-state index is -0.670. The minimum Gasteiger partial charge on any atom is -0.444 e. The molecule has 34 heavy (non-hydrogen) atoms. The molecule has 8 nitrogen and oxygen atoms in total. The van der Waals surface area contributed by atoms with Crippen LogP contribution >= 0.6 is 15.9 Å². The van der Waals surface area contributed by atoms with Crippen LogP contribution in [-0.4, -0.2) is 58.5 Å². The number of rotatable bonds is 0. The summed E-state index contributed by atoms with van der Waals surface area (Å²) in [4.78, 5) is 45.2. The highest BCUT2D eigenvalue weighted by molar-refractivity contribution is 9.10. The average molecular weight is 534 g/mol. The summed E-state index contributed by atoms with van der Waals surface area (Å²) in [7, 11) is 0. The molecule has 9 heteroatoms. The molecule has 0 unspecified atom stereocenters. The number of Topliss-reactive ketones (excluding diaryl/α,β-unsaturated/α-hetero) is 1. The number of halogens is 1. The first-order valence-corrected chi connectivity index (χ1v) is 12.5. The molecule has 1 spiro atoms. The molecule has 2 amide bonds. The molecule has 1 saturated heterocycles. The SMILES string of the molecule is CC(C)(C)OC(=O)N1[C@H]2C[C@@]3(CNC(=O)CCC=CCOCc4ccc(Br)nc4CC2=O)C[C@@H]13. The lowest BCUT2D eigenvalue weighted by molar-refractivity contribution is -0.123. The number of nitrogens with one attached hydrogen (secondary N) is 1. The number of ether oxygens (including phenoxy) is 2. The van der Waals surface area contributed by atoms with Crippen LogP contribution in [0.5, 0.6) is 0 Å². The summed E-state index contributed by atoms with van der Waals surface area (Å²) in [5.41, 5.74) is 0.525. The highest BCUT2D eigenvalue weighted by Crippen LogP contribution is 2.59. The third kappa shape index (κ3) is 5.68. The van der Waals surface area contributed by atoms with Gasteiger partial charge in [-0.2, -0.15) is 0 Å². The van der Waals surface area contributed by atoms with Crippen molar-refractivity contribution in [1.29, 1.82) is 0 Å². The largest absolute Gasteiger partial charge is 0.444 e. The second-order valence-electron chi connectivity index (χ2n) is 10.4. The molecule has 1 saturated carbocycles. The molecule has 2 fully saturated rings. The fraction of sp³-hybridized carbons (Fsp3) is 0.600. The Balaban J connectivity index is 1.62. The molecule has 3 aliphatic rings. The first-order valence-electron chi connectivity index (χ1n) is 11.8. The Hall–Kier alpha value is -2.26. The van der Waals surface area contributed by atoms with Crippen LogP contribution in [0.2, 0.25) is 0 Å². The summed E-state index contributed by atoms with van der Waals surface area (Å²) in [6.07, 6.45) is 5.73. The molecule has 4 rings (SSSR count). The second kappa shape index (κ2) is 9.77. The number of likely N-dealkylation sites (tertiary alicyclic amines) is 1. The van der Waals surface area contributed by atoms with E-state index >= 15 is 0 Å². The van der Waals surface area contributed by atoms with Crippen LogP contribution in [0.25, 0.3) is 0 Å². The van der Waals surface area contributed by atoms with Crippen LogP contribution in [0.4, 0.5) is 4.79 Å². The topological polar surface area (TPSA) is 97.8 Å². The van der Waals surface area contributed by atoms with E-state index in [0.717, 1.165) is 12.0 Å². The van der Waals surface area contributed by atoms with Crippen molar-refractivity contribution in [3.05, 3.63) is 40.1 Å². The van der Waals surface area contributed by atoms with Gasteiger partial charge < -0.3 is 14.8 Å². The average Bonchev–Trinajstić information content (AvgIpc) is 3.34. The molecule has 184 valence electrons. The Labute approximate surface area is 208 Å².